The Morgan fingerprint density at radius 1 is 0.867 bits per heavy atom. The molecule has 168 valence electrons. The van der Waals surface area contributed by atoms with E-state index in [0.717, 1.165) is 25.7 Å². The molecule has 0 spiro atoms. The average Bonchev–Trinajstić information content (AvgIpc) is 3.00. The lowest BCUT2D eigenvalue weighted by Gasteiger charge is -2.63. The summed E-state index contributed by atoms with van der Waals surface area (Å²) in [5.41, 5.74) is 0.180. The number of fused-ring (bicyclic) bond motifs is 5. The summed E-state index contributed by atoms with van der Waals surface area (Å²) in [5.74, 6) is 0.699. The average molecular weight is 420 g/mol. The number of nitrogens with one attached hydrogen (secondary N) is 1. The summed E-state index contributed by atoms with van der Waals surface area (Å²) in [4.78, 5) is 11.5. The Morgan fingerprint density at radius 2 is 1.60 bits per heavy atom. The van der Waals surface area contributed by atoms with E-state index in [9.17, 15) is 4.79 Å². The maximum atomic E-state index is 11.5. The second-order valence-corrected chi connectivity index (χ2v) is 11.3. The zero-order chi connectivity index (χ0) is 20.6. The van der Waals surface area contributed by atoms with Crippen LogP contribution in [0.15, 0.2) is 0 Å². The first-order chi connectivity index (χ1) is 14.5. The maximum Gasteiger partial charge on any atom is 0.229 e. The number of hydrogen-bond donors (Lipinski definition) is 1. The topological polar surface area (TPSA) is 66.0 Å². The molecule has 0 bridgehead atoms. The van der Waals surface area contributed by atoms with Gasteiger partial charge in [0.1, 0.15) is 0 Å². The molecule has 30 heavy (non-hydrogen) atoms. The zero-order valence-corrected chi connectivity index (χ0v) is 18.5. The van der Waals surface area contributed by atoms with E-state index in [1.54, 1.807) is 0 Å². The van der Waals surface area contributed by atoms with Crippen LogP contribution in [-0.4, -0.2) is 50.5 Å². The van der Waals surface area contributed by atoms with Gasteiger partial charge in [0.2, 0.25) is 18.0 Å². The van der Waals surface area contributed by atoms with Crippen LogP contribution in [-0.2, 0) is 23.7 Å². The number of hydrogen-bond acceptors (Lipinski definition) is 5. The minimum atomic E-state index is -0.788. The van der Waals surface area contributed by atoms with E-state index in [0.29, 0.717) is 55.5 Å². The molecule has 0 radical (unpaired) electrons. The third-order valence-electron chi connectivity index (χ3n) is 10.5. The second-order valence-electron chi connectivity index (χ2n) is 11.3. The van der Waals surface area contributed by atoms with E-state index in [1.165, 1.54) is 32.1 Å². The van der Waals surface area contributed by atoms with Crippen molar-refractivity contribution < 1.29 is 23.7 Å². The fraction of sp³-hybridized carbons (Fsp3) is 0.958. The van der Waals surface area contributed by atoms with E-state index in [1.807, 2.05) is 0 Å². The largest absolute Gasteiger partial charge is 0.356 e. The highest BCUT2D eigenvalue weighted by atomic mass is 16.8. The van der Waals surface area contributed by atoms with Gasteiger partial charge < -0.3 is 24.3 Å². The molecule has 4 aliphatic carbocycles. The number of carbonyl (C=O) groups excluding carboxylic acids is 1. The van der Waals surface area contributed by atoms with Crippen molar-refractivity contribution >= 4 is 6.41 Å². The van der Waals surface area contributed by atoms with E-state index in [-0.39, 0.29) is 11.5 Å². The smallest absolute Gasteiger partial charge is 0.229 e. The SMILES string of the molecule is C[C@]12CCCCC1[C@@H](NC=O)C[C@@H]1[C@@H]2CC[C@@]2(C)[C@H]1CC13OCCOC12OCCO3. The Kier molecular flexibility index (Phi) is 4.43. The normalized spacial score (nSPS) is 57.2. The Labute approximate surface area is 179 Å². The first-order valence-electron chi connectivity index (χ1n) is 12.3. The predicted molar refractivity (Wildman–Crippen MR) is 109 cm³/mol. The highest BCUT2D eigenvalue weighted by molar-refractivity contribution is 5.47. The van der Waals surface area contributed by atoms with Crippen LogP contribution in [0.5, 0.6) is 0 Å². The monoisotopic (exact) mass is 419 g/mol. The van der Waals surface area contributed by atoms with Crippen molar-refractivity contribution in [3.8, 4) is 0 Å². The number of ether oxygens (including phenoxy) is 4. The van der Waals surface area contributed by atoms with Gasteiger partial charge in [0.15, 0.2) is 0 Å². The van der Waals surface area contributed by atoms with Crippen molar-refractivity contribution in [3.63, 3.8) is 0 Å². The van der Waals surface area contributed by atoms with Crippen LogP contribution in [0.25, 0.3) is 0 Å². The van der Waals surface area contributed by atoms with Gasteiger partial charge in [-0.25, -0.2) is 0 Å². The highest BCUT2D eigenvalue weighted by Crippen LogP contribution is 2.72. The van der Waals surface area contributed by atoms with Crippen molar-refractivity contribution in [2.45, 2.75) is 82.8 Å². The molecule has 6 nitrogen and oxygen atoms in total. The fourth-order valence-electron chi connectivity index (χ4n) is 9.36. The minimum absolute atomic E-state index is 0.126. The number of rotatable bonds is 2. The molecule has 6 fully saturated rings. The van der Waals surface area contributed by atoms with Gasteiger partial charge >= 0.3 is 0 Å². The Morgan fingerprint density at radius 3 is 2.33 bits per heavy atom. The Bertz CT molecular complexity index is 702. The molecule has 7 atom stereocenters. The molecule has 2 aliphatic heterocycles. The van der Waals surface area contributed by atoms with E-state index < -0.39 is 11.6 Å². The van der Waals surface area contributed by atoms with Crippen molar-refractivity contribution in [2.24, 2.45) is 34.5 Å². The molecule has 2 heterocycles. The quantitative estimate of drug-likeness (QED) is 0.696. The fourth-order valence-corrected chi connectivity index (χ4v) is 9.36. The lowest BCUT2D eigenvalue weighted by molar-refractivity contribution is -0.474. The third kappa shape index (κ3) is 2.27. The van der Waals surface area contributed by atoms with Crippen LogP contribution in [0.2, 0.25) is 0 Å². The van der Waals surface area contributed by atoms with Gasteiger partial charge in [0.05, 0.1) is 26.4 Å². The minimum Gasteiger partial charge on any atom is -0.356 e. The molecule has 1 N–H and O–H groups in total. The molecular formula is C24H37NO5. The molecule has 6 aliphatic rings. The summed E-state index contributed by atoms with van der Waals surface area (Å²) in [6, 6.07) is 0.278. The lowest BCUT2D eigenvalue weighted by atomic mass is 9.44. The summed E-state index contributed by atoms with van der Waals surface area (Å²) in [6.07, 6.45) is 10.3. The standard InChI is InChI=1S/C24H37NO5/c1-21-7-4-3-5-18(21)20(25-15-26)13-16-17(21)6-8-22(2)19(16)14-23-24(22,29-11-9-27-23)30-12-10-28-23/h15-20H,3-14H2,1-2H3,(H,25,26)/t16-,17+,18?,19+,20+,21-,22+,23?,24?/m1/s1. The van der Waals surface area contributed by atoms with Gasteiger partial charge in [0, 0.05) is 17.9 Å². The van der Waals surface area contributed by atoms with E-state index >= 15 is 0 Å². The predicted octanol–water partition coefficient (Wildman–Crippen LogP) is 3.24. The molecule has 0 aromatic rings. The van der Waals surface area contributed by atoms with Crippen LogP contribution in [0.4, 0.5) is 0 Å². The molecule has 6 rings (SSSR count). The summed E-state index contributed by atoms with van der Waals surface area (Å²) < 4.78 is 25.8. The van der Waals surface area contributed by atoms with Crippen molar-refractivity contribution in [1.29, 1.82) is 0 Å². The van der Waals surface area contributed by atoms with Crippen LogP contribution in [0.1, 0.15) is 65.2 Å². The van der Waals surface area contributed by atoms with Gasteiger partial charge in [0.25, 0.3) is 0 Å². The molecule has 6 heteroatoms. The van der Waals surface area contributed by atoms with Crippen LogP contribution >= 0.6 is 0 Å². The summed E-state index contributed by atoms with van der Waals surface area (Å²) in [6.45, 7) is 7.17. The molecule has 1 unspecified atom stereocenters. The Hall–Kier alpha value is -0.690. The summed E-state index contributed by atoms with van der Waals surface area (Å²) in [7, 11) is 0. The molecule has 2 saturated heterocycles. The number of carbonyl (C=O) groups is 1. The molecule has 0 aromatic heterocycles. The van der Waals surface area contributed by atoms with Crippen molar-refractivity contribution in [3.05, 3.63) is 0 Å². The van der Waals surface area contributed by atoms with Gasteiger partial charge in [-0.15, -0.1) is 0 Å². The maximum absolute atomic E-state index is 11.5. The lowest BCUT2D eigenvalue weighted by Crippen LogP contribution is -2.70. The van der Waals surface area contributed by atoms with Gasteiger partial charge in [-0.3, -0.25) is 4.79 Å². The molecule has 0 aromatic carbocycles. The van der Waals surface area contributed by atoms with E-state index in [2.05, 4.69) is 19.2 Å². The van der Waals surface area contributed by atoms with Crippen LogP contribution in [0.3, 0.4) is 0 Å². The van der Waals surface area contributed by atoms with Crippen LogP contribution < -0.4 is 5.32 Å². The highest BCUT2D eigenvalue weighted by Gasteiger charge is 2.79. The van der Waals surface area contributed by atoms with Gasteiger partial charge in [-0.1, -0.05) is 26.7 Å². The third-order valence-corrected chi connectivity index (χ3v) is 10.5. The van der Waals surface area contributed by atoms with Gasteiger partial charge in [-0.2, -0.15) is 0 Å². The Balaban J connectivity index is 1.42. The number of amides is 1. The van der Waals surface area contributed by atoms with Crippen molar-refractivity contribution in [2.75, 3.05) is 26.4 Å². The first kappa shape index (κ1) is 20.0. The summed E-state index contributed by atoms with van der Waals surface area (Å²) >= 11 is 0. The second kappa shape index (κ2) is 6.66. The van der Waals surface area contributed by atoms with Gasteiger partial charge in [-0.05, 0) is 61.2 Å². The summed E-state index contributed by atoms with van der Waals surface area (Å²) in [5, 5.41) is 3.25. The van der Waals surface area contributed by atoms with Crippen molar-refractivity contribution in [1.82, 2.24) is 5.32 Å². The van der Waals surface area contributed by atoms with Crippen LogP contribution in [0, 0.1) is 34.5 Å². The molecule has 4 saturated carbocycles. The van der Waals surface area contributed by atoms with E-state index in [4.69, 9.17) is 18.9 Å². The first-order valence-corrected chi connectivity index (χ1v) is 12.3. The zero-order valence-electron chi connectivity index (χ0n) is 18.5. The molecular weight excluding hydrogens is 382 g/mol. The molecule has 1 amide bonds.